The molecule has 0 rings (SSSR count). The maximum atomic E-state index is 12.7. The van der Waals surface area contributed by atoms with Crippen LogP contribution in [0.1, 0.15) is 33.6 Å². The second-order valence-corrected chi connectivity index (χ2v) is 3.09. The summed E-state index contributed by atoms with van der Waals surface area (Å²) in [7, 11) is 0. The Hall–Kier alpha value is -0.110. The smallest absolute Gasteiger partial charge is 0.107 e. The minimum Gasteiger partial charge on any atom is -0.328 e. The molecule has 0 aliphatic carbocycles. The zero-order chi connectivity index (χ0) is 7.49. The highest BCUT2D eigenvalue weighted by atomic mass is 19.1. The molecular formula is C7H16FN. The molecule has 1 atom stereocenters. The van der Waals surface area contributed by atoms with Gasteiger partial charge in [-0.25, -0.2) is 4.39 Å². The molecular weight excluding hydrogens is 117 g/mol. The summed E-state index contributed by atoms with van der Waals surface area (Å²) in [5, 5.41) is 0. The van der Waals surface area contributed by atoms with Crippen LogP contribution in [0, 0.1) is 0 Å². The predicted molar refractivity (Wildman–Crippen MR) is 38.1 cm³/mol. The van der Waals surface area contributed by atoms with E-state index in [0.29, 0.717) is 6.42 Å². The Kier molecular flexibility index (Phi) is 3.12. The molecule has 0 amide bonds. The van der Waals surface area contributed by atoms with Crippen LogP contribution in [0.2, 0.25) is 0 Å². The highest BCUT2D eigenvalue weighted by molar-refractivity contribution is 4.72. The van der Waals surface area contributed by atoms with Gasteiger partial charge in [-0.15, -0.1) is 0 Å². The number of nitrogens with two attached hydrogens (primary N) is 1. The molecule has 0 aliphatic rings. The first-order valence-electron chi connectivity index (χ1n) is 3.40. The highest BCUT2D eigenvalue weighted by Crippen LogP contribution is 2.15. The number of halogens is 1. The fourth-order valence-corrected chi connectivity index (χ4v) is 0.768. The third-order valence-corrected chi connectivity index (χ3v) is 1.27. The van der Waals surface area contributed by atoms with Crippen molar-refractivity contribution in [3.05, 3.63) is 0 Å². The van der Waals surface area contributed by atoms with Crippen molar-refractivity contribution in [3.8, 4) is 0 Å². The molecule has 9 heavy (non-hydrogen) atoms. The standard InChI is InChI=1S/C7H16FN/c1-4-6(9)5-7(2,3)8/h6H,4-5,9H2,1-3H3/t6-/m1/s1. The number of hydrogen-bond donors (Lipinski definition) is 1. The van der Waals surface area contributed by atoms with Gasteiger partial charge >= 0.3 is 0 Å². The monoisotopic (exact) mass is 133 g/mol. The molecule has 0 heterocycles. The molecule has 56 valence electrons. The van der Waals surface area contributed by atoms with Gasteiger partial charge in [-0.1, -0.05) is 6.92 Å². The van der Waals surface area contributed by atoms with Crippen LogP contribution in [0.5, 0.6) is 0 Å². The zero-order valence-corrected chi connectivity index (χ0v) is 6.45. The Morgan fingerprint density at radius 1 is 1.56 bits per heavy atom. The van der Waals surface area contributed by atoms with E-state index < -0.39 is 5.67 Å². The molecule has 0 aromatic carbocycles. The van der Waals surface area contributed by atoms with E-state index in [1.807, 2.05) is 6.92 Å². The molecule has 0 unspecified atom stereocenters. The van der Waals surface area contributed by atoms with Gasteiger partial charge in [0, 0.05) is 6.04 Å². The van der Waals surface area contributed by atoms with Crippen LogP contribution in [0.3, 0.4) is 0 Å². The van der Waals surface area contributed by atoms with Crippen molar-refractivity contribution in [2.75, 3.05) is 0 Å². The molecule has 0 saturated heterocycles. The van der Waals surface area contributed by atoms with Crippen LogP contribution in [0.25, 0.3) is 0 Å². The van der Waals surface area contributed by atoms with Gasteiger partial charge in [0.1, 0.15) is 5.67 Å². The minimum absolute atomic E-state index is 0.0185. The van der Waals surface area contributed by atoms with Crippen LogP contribution in [0.15, 0.2) is 0 Å². The summed E-state index contributed by atoms with van der Waals surface area (Å²) in [6.45, 7) is 5.08. The van der Waals surface area contributed by atoms with Crippen molar-refractivity contribution in [2.45, 2.75) is 45.3 Å². The van der Waals surface area contributed by atoms with E-state index in [1.165, 1.54) is 0 Å². The van der Waals surface area contributed by atoms with E-state index in [1.54, 1.807) is 13.8 Å². The summed E-state index contributed by atoms with van der Waals surface area (Å²) in [4.78, 5) is 0. The summed E-state index contributed by atoms with van der Waals surface area (Å²) in [5.74, 6) is 0. The first-order valence-corrected chi connectivity index (χ1v) is 3.40. The lowest BCUT2D eigenvalue weighted by atomic mass is 10.0. The normalized spacial score (nSPS) is 15.7. The average molecular weight is 133 g/mol. The second kappa shape index (κ2) is 3.16. The first-order chi connectivity index (χ1) is 3.95. The van der Waals surface area contributed by atoms with Crippen molar-refractivity contribution in [3.63, 3.8) is 0 Å². The van der Waals surface area contributed by atoms with Gasteiger partial charge in [-0.2, -0.15) is 0 Å². The van der Waals surface area contributed by atoms with Gasteiger partial charge in [0.05, 0.1) is 0 Å². The summed E-state index contributed by atoms with van der Waals surface area (Å²) < 4.78 is 12.7. The molecule has 1 nitrogen and oxygen atoms in total. The van der Waals surface area contributed by atoms with E-state index in [0.717, 1.165) is 6.42 Å². The Labute approximate surface area is 56.4 Å². The summed E-state index contributed by atoms with van der Waals surface area (Å²) >= 11 is 0. The van der Waals surface area contributed by atoms with Crippen LogP contribution in [-0.4, -0.2) is 11.7 Å². The molecule has 0 spiro atoms. The van der Waals surface area contributed by atoms with Gasteiger partial charge in [0.25, 0.3) is 0 Å². The van der Waals surface area contributed by atoms with Crippen LogP contribution in [-0.2, 0) is 0 Å². The molecule has 0 aliphatic heterocycles. The second-order valence-electron chi connectivity index (χ2n) is 3.09. The van der Waals surface area contributed by atoms with E-state index in [9.17, 15) is 4.39 Å². The van der Waals surface area contributed by atoms with Crippen molar-refractivity contribution in [1.29, 1.82) is 0 Å². The maximum absolute atomic E-state index is 12.7. The Balaban J connectivity index is 3.47. The quantitative estimate of drug-likeness (QED) is 0.624. The van der Waals surface area contributed by atoms with E-state index in [-0.39, 0.29) is 6.04 Å². The van der Waals surface area contributed by atoms with Crippen molar-refractivity contribution in [2.24, 2.45) is 5.73 Å². The zero-order valence-electron chi connectivity index (χ0n) is 6.45. The number of hydrogen-bond acceptors (Lipinski definition) is 1. The van der Waals surface area contributed by atoms with Gasteiger partial charge in [0.2, 0.25) is 0 Å². The fourth-order valence-electron chi connectivity index (χ4n) is 0.768. The summed E-state index contributed by atoms with van der Waals surface area (Å²) in [6.07, 6.45) is 1.32. The molecule has 0 saturated carbocycles. The summed E-state index contributed by atoms with van der Waals surface area (Å²) in [5.41, 5.74) is 4.42. The third kappa shape index (κ3) is 5.77. The van der Waals surface area contributed by atoms with Gasteiger partial charge in [-0.05, 0) is 26.7 Å². The fraction of sp³-hybridized carbons (Fsp3) is 1.00. The van der Waals surface area contributed by atoms with E-state index in [4.69, 9.17) is 5.73 Å². The molecule has 0 fully saturated rings. The van der Waals surface area contributed by atoms with E-state index >= 15 is 0 Å². The van der Waals surface area contributed by atoms with Gasteiger partial charge < -0.3 is 5.73 Å². The largest absolute Gasteiger partial charge is 0.328 e. The maximum Gasteiger partial charge on any atom is 0.107 e. The molecule has 2 heteroatoms. The number of alkyl halides is 1. The van der Waals surface area contributed by atoms with Crippen molar-refractivity contribution in [1.82, 2.24) is 0 Å². The Morgan fingerprint density at radius 2 is 2.00 bits per heavy atom. The van der Waals surface area contributed by atoms with Crippen LogP contribution >= 0.6 is 0 Å². The lowest BCUT2D eigenvalue weighted by molar-refractivity contribution is 0.186. The molecule has 0 aromatic rings. The van der Waals surface area contributed by atoms with Crippen molar-refractivity contribution >= 4 is 0 Å². The molecule has 0 bridgehead atoms. The van der Waals surface area contributed by atoms with Gasteiger partial charge in [-0.3, -0.25) is 0 Å². The SMILES string of the molecule is CC[C@@H](N)CC(C)(C)F. The van der Waals surface area contributed by atoms with Crippen molar-refractivity contribution < 1.29 is 4.39 Å². The summed E-state index contributed by atoms with van der Waals surface area (Å²) in [6, 6.07) is 0.0185. The third-order valence-electron chi connectivity index (χ3n) is 1.27. The molecule has 0 aromatic heterocycles. The minimum atomic E-state index is -1.10. The first kappa shape index (κ1) is 8.89. The van der Waals surface area contributed by atoms with Gasteiger partial charge in [0.15, 0.2) is 0 Å². The topological polar surface area (TPSA) is 26.0 Å². The lowest BCUT2D eigenvalue weighted by Crippen LogP contribution is -2.28. The highest BCUT2D eigenvalue weighted by Gasteiger charge is 2.18. The predicted octanol–water partition coefficient (Wildman–Crippen LogP) is 1.86. The Bertz CT molecular complexity index is 75.5. The number of rotatable bonds is 3. The molecule has 0 radical (unpaired) electrons. The van der Waals surface area contributed by atoms with E-state index in [2.05, 4.69) is 0 Å². The molecule has 2 N–H and O–H groups in total. The van der Waals surface area contributed by atoms with Crippen LogP contribution < -0.4 is 5.73 Å². The lowest BCUT2D eigenvalue weighted by Gasteiger charge is -2.17. The Morgan fingerprint density at radius 3 is 2.11 bits per heavy atom. The average Bonchev–Trinajstić information content (AvgIpc) is 1.62. The van der Waals surface area contributed by atoms with Crippen LogP contribution in [0.4, 0.5) is 4.39 Å².